The lowest BCUT2D eigenvalue weighted by Crippen LogP contribution is -2.54. The average Bonchev–Trinajstić information content (AvgIpc) is 2.76. The van der Waals surface area contributed by atoms with Gasteiger partial charge >= 0.3 is 0 Å². The van der Waals surface area contributed by atoms with Crippen LogP contribution in [0.3, 0.4) is 0 Å². The summed E-state index contributed by atoms with van der Waals surface area (Å²) in [6, 6.07) is 10.5. The SMILES string of the molecule is C=C1CC[C@@H]2C(C)(C)[C@H](O)CC[C@@]2(C)[C@@H]1CC/C(C)=C/C(=O)NCCCCc1ccccc1. The van der Waals surface area contributed by atoms with E-state index in [9.17, 15) is 9.90 Å². The van der Waals surface area contributed by atoms with E-state index in [1.807, 2.05) is 6.07 Å². The molecule has 0 aromatic heterocycles. The van der Waals surface area contributed by atoms with Gasteiger partial charge < -0.3 is 10.4 Å². The minimum atomic E-state index is -0.208. The monoisotopic (exact) mass is 451 g/mol. The molecule has 0 radical (unpaired) electrons. The summed E-state index contributed by atoms with van der Waals surface area (Å²) >= 11 is 0. The summed E-state index contributed by atoms with van der Waals surface area (Å²) in [6.07, 6.45) is 10.8. The number of carbonyl (C=O) groups is 1. The van der Waals surface area contributed by atoms with Gasteiger partial charge in [-0.15, -0.1) is 0 Å². The highest BCUT2D eigenvalue weighted by Crippen LogP contribution is 2.61. The highest BCUT2D eigenvalue weighted by molar-refractivity contribution is 5.88. The number of fused-ring (bicyclic) bond motifs is 1. The largest absolute Gasteiger partial charge is 0.393 e. The lowest BCUT2D eigenvalue weighted by Gasteiger charge is -2.59. The maximum absolute atomic E-state index is 12.4. The normalized spacial score (nSPS) is 29.4. The van der Waals surface area contributed by atoms with Crippen LogP contribution in [0.15, 0.2) is 54.1 Å². The highest BCUT2D eigenvalue weighted by Gasteiger charge is 2.55. The van der Waals surface area contributed by atoms with E-state index in [1.165, 1.54) is 11.1 Å². The van der Waals surface area contributed by atoms with Gasteiger partial charge in [-0.05, 0) is 92.9 Å². The summed E-state index contributed by atoms with van der Waals surface area (Å²) in [5, 5.41) is 13.7. The van der Waals surface area contributed by atoms with Crippen molar-refractivity contribution in [3.8, 4) is 0 Å². The molecule has 0 aliphatic heterocycles. The smallest absolute Gasteiger partial charge is 0.243 e. The average molecular weight is 452 g/mol. The number of nitrogens with one attached hydrogen (secondary N) is 1. The zero-order valence-corrected chi connectivity index (χ0v) is 21.3. The van der Waals surface area contributed by atoms with Crippen LogP contribution in [0.4, 0.5) is 0 Å². The van der Waals surface area contributed by atoms with Crippen molar-refractivity contribution in [2.45, 2.75) is 91.6 Å². The summed E-state index contributed by atoms with van der Waals surface area (Å²) in [7, 11) is 0. The number of rotatable bonds is 9. The van der Waals surface area contributed by atoms with Crippen molar-refractivity contribution in [2.75, 3.05) is 6.54 Å². The van der Waals surface area contributed by atoms with E-state index in [2.05, 4.69) is 63.9 Å². The Kier molecular flexibility index (Phi) is 8.61. The molecule has 3 nitrogen and oxygen atoms in total. The van der Waals surface area contributed by atoms with Gasteiger partial charge in [-0.3, -0.25) is 4.79 Å². The molecule has 2 aliphatic rings. The summed E-state index contributed by atoms with van der Waals surface area (Å²) in [6.45, 7) is 14.2. The molecule has 2 N–H and O–H groups in total. The molecule has 33 heavy (non-hydrogen) atoms. The number of hydrogen-bond acceptors (Lipinski definition) is 2. The molecule has 182 valence electrons. The fourth-order valence-corrected chi connectivity index (χ4v) is 6.73. The lowest BCUT2D eigenvalue weighted by molar-refractivity contribution is -0.124. The van der Waals surface area contributed by atoms with Gasteiger partial charge in [0.15, 0.2) is 0 Å². The number of amides is 1. The minimum Gasteiger partial charge on any atom is -0.393 e. The first-order chi connectivity index (χ1) is 15.6. The van der Waals surface area contributed by atoms with Crippen LogP contribution in [0.2, 0.25) is 0 Å². The first-order valence-corrected chi connectivity index (χ1v) is 13.0. The van der Waals surface area contributed by atoms with Crippen molar-refractivity contribution in [3.05, 3.63) is 59.7 Å². The van der Waals surface area contributed by atoms with Crippen LogP contribution in [-0.2, 0) is 11.2 Å². The summed E-state index contributed by atoms with van der Waals surface area (Å²) in [5.41, 5.74) is 4.02. The molecule has 0 bridgehead atoms. The van der Waals surface area contributed by atoms with E-state index >= 15 is 0 Å². The molecule has 3 rings (SSSR count). The number of unbranched alkanes of at least 4 members (excludes halogenated alkanes) is 1. The molecule has 0 spiro atoms. The van der Waals surface area contributed by atoms with Crippen molar-refractivity contribution in [3.63, 3.8) is 0 Å². The van der Waals surface area contributed by atoms with Crippen LogP contribution >= 0.6 is 0 Å². The number of hydrogen-bond donors (Lipinski definition) is 2. The van der Waals surface area contributed by atoms with Gasteiger partial charge in [0.1, 0.15) is 0 Å². The van der Waals surface area contributed by atoms with Crippen molar-refractivity contribution in [1.82, 2.24) is 5.32 Å². The van der Waals surface area contributed by atoms with Gasteiger partial charge in [0, 0.05) is 12.6 Å². The van der Waals surface area contributed by atoms with Crippen LogP contribution in [0.5, 0.6) is 0 Å². The first-order valence-electron chi connectivity index (χ1n) is 13.0. The van der Waals surface area contributed by atoms with Gasteiger partial charge in [-0.1, -0.05) is 68.8 Å². The van der Waals surface area contributed by atoms with Gasteiger partial charge in [0.2, 0.25) is 5.91 Å². The predicted molar refractivity (Wildman–Crippen MR) is 138 cm³/mol. The predicted octanol–water partition coefficient (Wildman–Crippen LogP) is 6.62. The molecule has 2 aliphatic carbocycles. The van der Waals surface area contributed by atoms with E-state index in [4.69, 9.17) is 0 Å². The molecule has 3 heteroatoms. The van der Waals surface area contributed by atoms with Crippen LogP contribution in [-0.4, -0.2) is 23.7 Å². The van der Waals surface area contributed by atoms with Crippen molar-refractivity contribution >= 4 is 5.91 Å². The Labute approximate surface area is 201 Å². The number of benzene rings is 1. The third kappa shape index (κ3) is 6.18. The maximum atomic E-state index is 12.4. The van der Waals surface area contributed by atoms with Crippen LogP contribution in [0, 0.1) is 22.7 Å². The molecular weight excluding hydrogens is 406 g/mol. The fourth-order valence-electron chi connectivity index (χ4n) is 6.73. The highest BCUT2D eigenvalue weighted by atomic mass is 16.3. The Morgan fingerprint density at radius 1 is 1.18 bits per heavy atom. The van der Waals surface area contributed by atoms with Crippen LogP contribution in [0.25, 0.3) is 0 Å². The van der Waals surface area contributed by atoms with Crippen molar-refractivity contribution in [1.29, 1.82) is 0 Å². The van der Waals surface area contributed by atoms with Gasteiger partial charge in [0.25, 0.3) is 0 Å². The number of allylic oxidation sites excluding steroid dienone is 2. The quantitative estimate of drug-likeness (QED) is 0.252. The van der Waals surface area contributed by atoms with Crippen LogP contribution in [0.1, 0.15) is 84.6 Å². The Bertz CT molecular complexity index is 840. The number of aryl methyl sites for hydroxylation is 1. The zero-order chi connectivity index (χ0) is 24.1. The molecule has 1 aromatic carbocycles. The lowest BCUT2D eigenvalue weighted by atomic mass is 9.46. The first kappa shape index (κ1) is 25.7. The minimum absolute atomic E-state index is 0.0284. The molecular formula is C30H45NO2. The fraction of sp³-hybridized carbons (Fsp3) is 0.633. The third-order valence-electron chi connectivity index (χ3n) is 8.79. The molecule has 0 heterocycles. The molecule has 2 saturated carbocycles. The molecule has 4 atom stereocenters. The third-order valence-corrected chi connectivity index (χ3v) is 8.79. The maximum Gasteiger partial charge on any atom is 0.243 e. The topological polar surface area (TPSA) is 49.3 Å². The Morgan fingerprint density at radius 2 is 1.91 bits per heavy atom. The molecule has 1 aromatic rings. The molecule has 2 fully saturated rings. The van der Waals surface area contributed by atoms with E-state index in [0.717, 1.165) is 69.9 Å². The Balaban J connectivity index is 1.46. The number of aliphatic hydroxyl groups is 1. The Morgan fingerprint density at radius 3 is 2.64 bits per heavy atom. The van der Waals surface area contributed by atoms with Gasteiger partial charge in [0.05, 0.1) is 6.10 Å². The molecule has 0 saturated heterocycles. The zero-order valence-electron chi connectivity index (χ0n) is 21.3. The van der Waals surface area contributed by atoms with E-state index in [-0.39, 0.29) is 22.8 Å². The van der Waals surface area contributed by atoms with Gasteiger partial charge in [-0.2, -0.15) is 0 Å². The van der Waals surface area contributed by atoms with Crippen LogP contribution < -0.4 is 5.32 Å². The standard InChI is InChI=1S/C30H45NO2/c1-22(21-28(33)31-20-10-9-13-24-11-7-6-8-12-24)14-16-25-23(2)15-17-26-29(3,4)27(32)18-19-30(25,26)5/h6-8,11-12,21,25-27,32H,2,9-10,13-20H2,1,3-5H3,(H,31,33)/b22-21+/t25-,26-,27-,30+/m1/s1. The Hall–Kier alpha value is -1.87. The number of carbonyl (C=O) groups excluding carboxylic acids is 1. The molecule has 0 unspecified atom stereocenters. The van der Waals surface area contributed by atoms with Gasteiger partial charge in [-0.25, -0.2) is 0 Å². The second-order valence-electron chi connectivity index (χ2n) is 11.4. The molecule has 1 amide bonds. The summed E-state index contributed by atoms with van der Waals surface area (Å²) in [4.78, 5) is 12.4. The second kappa shape index (κ2) is 11.0. The van der Waals surface area contributed by atoms with E-state index in [1.54, 1.807) is 6.08 Å². The summed E-state index contributed by atoms with van der Waals surface area (Å²) in [5.74, 6) is 1.01. The van der Waals surface area contributed by atoms with E-state index < -0.39 is 0 Å². The van der Waals surface area contributed by atoms with E-state index in [0.29, 0.717) is 11.8 Å². The second-order valence-corrected chi connectivity index (χ2v) is 11.4. The van der Waals surface area contributed by atoms with Crippen molar-refractivity contribution in [2.24, 2.45) is 22.7 Å². The number of aliphatic hydroxyl groups excluding tert-OH is 1. The summed E-state index contributed by atoms with van der Waals surface area (Å²) < 4.78 is 0. The van der Waals surface area contributed by atoms with Crippen molar-refractivity contribution < 1.29 is 9.90 Å².